The van der Waals surface area contributed by atoms with Crippen LogP contribution in [-0.4, -0.2) is 52.1 Å². The van der Waals surface area contributed by atoms with Crippen molar-refractivity contribution in [3.63, 3.8) is 0 Å². The standard InChI is InChI=1S/C10H22O5/c1-10(2,3)4-7(12)6-15-9(14)8(13)5-11/h7-9,11-14H,4-6H2,1-3H3. The predicted octanol–water partition coefficient (Wildman–Crippen LogP) is -0.528. The molecule has 0 fully saturated rings. The second kappa shape index (κ2) is 6.40. The van der Waals surface area contributed by atoms with Gasteiger partial charge in [-0.2, -0.15) is 0 Å². The lowest BCUT2D eigenvalue weighted by atomic mass is 9.89. The Morgan fingerprint density at radius 2 is 1.67 bits per heavy atom. The number of aliphatic hydroxyl groups excluding tert-OH is 4. The lowest BCUT2D eigenvalue weighted by Crippen LogP contribution is -2.34. The lowest BCUT2D eigenvalue weighted by molar-refractivity contribution is -0.184. The van der Waals surface area contributed by atoms with Gasteiger partial charge >= 0.3 is 0 Å². The highest BCUT2D eigenvalue weighted by atomic mass is 16.6. The van der Waals surface area contributed by atoms with Crippen molar-refractivity contribution in [2.75, 3.05) is 13.2 Å². The fraction of sp³-hybridized carbons (Fsp3) is 1.00. The van der Waals surface area contributed by atoms with Crippen molar-refractivity contribution in [1.82, 2.24) is 0 Å². The average Bonchev–Trinajstić information content (AvgIpc) is 2.10. The first-order valence-electron chi connectivity index (χ1n) is 5.03. The Kier molecular flexibility index (Phi) is 6.31. The van der Waals surface area contributed by atoms with Crippen LogP contribution in [-0.2, 0) is 4.74 Å². The summed E-state index contributed by atoms with van der Waals surface area (Å²) >= 11 is 0. The molecule has 0 heterocycles. The van der Waals surface area contributed by atoms with E-state index in [4.69, 9.17) is 20.1 Å². The number of ether oxygens (including phenoxy) is 1. The van der Waals surface area contributed by atoms with Crippen LogP contribution in [0.25, 0.3) is 0 Å². The van der Waals surface area contributed by atoms with E-state index in [-0.39, 0.29) is 12.0 Å². The Bertz CT molecular complexity index is 166. The molecular formula is C10H22O5. The first kappa shape index (κ1) is 14.8. The molecule has 5 heteroatoms. The van der Waals surface area contributed by atoms with E-state index in [1.54, 1.807) is 0 Å². The van der Waals surface area contributed by atoms with Crippen molar-refractivity contribution < 1.29 is 25.2 Å². The highest BCUT2D eigenvalue weighted by Crippen LogP contribution is 2.20. The Morgan fingerprint density at radius 1 is 1.13 bits per heavy atom. The maximum Gasteiger partial charge on any atom is 0.183 e. The molecule has 92 valence electrons. The van der Waals surface area contributed by atoms with Gasteiger partial charge in [0.15, 0.2) is 6.29 Å². The summed E-state index contributed by atoms with van der Waals surface area (Å²) in [6, 6.07) is 0. The summed E-state index contributed by atoms with van der Waals surface area (Å²) in [5, 5.41) is 36.1. The van der Waals surface area contributed by atoms with Gasteiger partial charge in [0, 0.05) is 0 Å². The van der Waals surface area contributed by atoms with E-state index < -0.39 is 25.1 Å². The van der Waals surface area contributed by atoms with E-state index >= 15 is 0 Å². The van der Waals surface area contributed by atoms with Crippen LogP contribution < -0.4 is 0 Å². The molecule has 5 nitrogen and oxygen atoms in total. The summed E-state index contributed by atoms with van der Waals surface area (Å²) in [6.07, 6.45) is -2.93. The van der Waals surface area contributed by atoms with Crippen molar-refractivity contribution in [3.05, 3.63) is 0 Å². The molecule has 0 rings (SSSR count). The highest BCUT2D eigenvalue weighted by molar-refractivity contribution is 4.68. The van der Waals surface area contributed by atoms with Crippen LogP contribution in [0.15, 0.2) is 0 Å². The Balaban J connectivity index is 3.76. The van der Waals surface area contributed by atoms with Crippen LogP contribution in [0.4, 0.5) is 0 Å². The van der Waals surface area contributed by atoms with Gasteiger partial charge < -0.3 is 25.2 Å². The number of hydrogen-bond acceptors (Lipinski definition) is 5. The third-order valence-electron chi connectivity index (χ3n) is 1.82. The molecule has 0 aliphatic heterocycles. The summed E-state index contributed by atoms with van der Waals surface area (Å²) < 4.78 is 4.80. The zero-order chi connectivity index (χ0) is 12.1. The minimum absolute atomic E-state index is 0.0245. The monoisotopic (exact) mass is 222 g/mol. The number of hydrogen-bond donors (Lipinski definition) is 4. The van der Waals surface area contributed by atoms with Crippen LogP contribution in [0.3, 0.4) is 0 Å². The van der Waals surface area contributed by atoms with Gasteiger partial charge in [0.25, 0.3) is 0 Å². The smallest absolute Gasteiger partial charge is 0.183 e. The van der Waals surface area contributed by atoms with E-state index in [1.165, 1.54) is 0 Å². The maximum atomic E-state index is 9.51. The van der Waals surface area contributed by atoms with Crippen molar-refractivity contribution in [1.29, 1.82) is 0 Å². The minimum Gasteiger partial charge on any atom is -0.393 e. The normalized spacial score (nSPS) is 18.6. The molecule has 0 saturated carbocycles. The van der Waals surface area contributed by atoms with Crippen molar-refractivity contribution >= 4 is 0 Å². The first-order chi connectivity index (χ1) is 6.76. The van der Waals surface area contributed by atoms with E-state index in [0.717, 1.165) is 0 Å². The predicted molar refractivity (Wildman–Crippen MR) is 55.1 cm³/mol. The molecule has 0 aliphatic carbocycles. The van der Waals surface area contributed by atoms with Crippen molar-refractivity contribution in [3.8, 4) is 0 Å². The topological polar surface area (TPSA) is 90.2 Å². The molecule has 0 saturated heterocycles. The van der Waals surface area contributed by atoms with Crippen LogP contribution in [0.1, 0.15) is 27.2 Å². The molecule has 0 radical (unpaired) electrons. The van der Waals surface area contributed by atoms with E-state index in [0.29, 0.717) is 6.42 Å². The summed E-state index contributed by atoms with van der Waals surface area (Å²) in [4.78, 5) is 0. The Labute approximate surface area is 90.3 Å². The van der Waals surface area contributed by atoms with E-state index in [2.05, 4.69) is 0 Å². The van der Waals surface area contributed by atoms with Crippen LogP contribution in [0.2, 0.25) is 0 Å². The molecule has 0 bridgehead atoms. The molecule has 0 spiro atoms. The molecule has 0 aromatic carbocycles. The van der Waals surface area contributed by atoms with Crippen LogP contribution in [0.5, 0.6) is 0 Å². The third kappa shape index (κ3) is 7.70. The largest absolute Gasteiger partial charge is 0.393 e. The average molecular weight is 222 g/mol. The van der Waals surface area contributed by atoms with Crippen LogP contribution in [0, 0.1) is 5.41 Å². The highest BCUT2D eigenvalue weighted by Gasteiger charge is 2.20. The SMILES string of the molecule is CC(C)(C)CC(O)COC(O)C(O)CO. The van der Waals surface area contributed by atoms with Gasteiger partial charge in [-0.15, -0.1) is 0 Å². The molecule has 15 heavy (non-hydrogen) atoms. The van der Waals surface area contributed by atoms with Gasteiger partial charge in [-0.25, -0.2) is 0 Å². The molecule has 3 atom stereocenters. The maximum absolute atomic E-state index is 9.51. The quantitative estimate of drug-likeness (QED) is 0.454. The van der Waals surface area contributed by atoms with E-state index in [9.17, 15) is 5.11 Å². The molecule has 3 unspecified atom stereocenters. The van der Waals surface area contributed by atoms with Gasteiger partial charge in [-0.1, -0.05) is 20.8 Å². The van der Waals surface area contributed by atoms with Crippen LogP contribution >= 0.6 is 0 Å². The summed E-state index contributed by atoms with van der Waals surface area (Å²) in [5.74, 6) is 0. The van der Waals surface area contributed by atoms with E-state index in [1.807, 2.05) is 20.8 Å². The third-order valence-corrected chi connectivity index (χ3v) is 1.82. The first-order valence-corrected chi connectivity index (χ1v) is 5.03. The summed E-state index contributed by atoms with van der Waals surface area (Å²) in [7, 11) is 0. The molecule has 0 aromatic rings. The second-order valence-electron chi connectivity index (χ2n) is 4.89. The molecular weight excluding hydrogens is 200 g/mol. The zero-order valence-electron chi connectivity index (χ0n) is 9.55. The molecule has 0 aromatic heterocycles. The Hall–Kier alpha value is -0.200. The van der Waals surface area contributed by atoms with Crippen molar-refractivity contribution in [2.24, 2.45) is 5.41 Å². The number of rotatable bonds is 6. The Morgan fingerprint density at radius 3 is 2.07 bits per heavy atom. The minimum atomic E-state index is -1.45. The molecule has 0 amide bonds. The molecule has 0 aliphatic rings. The fourth-order valence-corrected chi connectivity index (χ4v) is 1.18. The van der Waals surface area contributed by atoms with Gasteiger partial charge in [0.1, 0.15) is 6.10 Å². The zero-order valence-corrected chi connectivity index (χ0v) is 9.55. The van der Waals surface area contributed by atoms with Gasteiger partial charge in [-0.05, 0) is 11.8 Å². The van der Waals surface area contributed by atoms with Crippen molar-refractivity contribution in [2.45, 2.75) is 45.7 Å². The molecule has 4 N–H and O–H groups in total. The summed E-state index contributed by atoms with van der Waals surface area (Å²) in [6.45, 7) is 5.31. The lowest BCUT2D eigenvalue weighted by Gasteiger charge is -2.24. The second-order valence-corrected chi connectivity index (χ2v) is 4.89. The van der Waals surface area contributed by atoms with Gasteiger partial charge in [0.05, 0.1) is 19.3 Å². The van der Waals surface area contributed by atoms with Gasteiger partial charge in [-0.3, -0.25) is 0 Å². The fourth-order valence-electron chi connectivity index (χ4n) is 1.18. The summed E-state index contributed by atoms with van der Waals surface area (Å²) in [5.41, 5.74) is -0.0245. The number of aliphatic hydroxyl groups is 4. The van der Waals surface area contributed by atoms with Gasteiger partial charge in [0.2, 0.25) is 0 Å².